The number of methoxy groups -OCH3 is 1. The Morgan fingerprint density at radius 2 is 2.07 bits per heavy atom. The first-order chi connectivity index (χ1) is 13.4. The number of ether oxygens (including phenoxy) is 1. The zero-order chi connectivity index (χ0) is 20.3. The van der Waals surface area contributed by atoms with Crippen LogP contribution >= 0.6 is 0 Å². The van der Waals surface area contributed by atoms with Gasteiger partial charge in [-0.25, -0.2) is 0 Å². The molecule has 3 rings (SSSR count). The average Bonchev–Trinajstić information content (AvgIpc) is 3.30. The van der Waals surface area contributed by atoms with E-state index in [2.05, 4.69) is 0 Å². The molecule has 148 valence electrons. The summed E-state index contributed by atoms with van der Waals surface area (Å²) in [6.45, 7) is 1.28. The highest BCUT2D eigenvalue weighted by molar-refractivity contribution is 6.15. The lowest BCUT2D eigenvalue weighted by molar-refractivity contribution is -0.858. The van der Waals surface area contributed by atoms with Crippen molar-refractivity contribution in [3.63, 3.8) is 0 Å². The molecule has 1 aliphatic rings. The third-order valence-corrected chi connectivity index (χ3v) is 4.78. The predicted molar refractivity (Wildman–Crippen MR) is 102 cm³/mol. The number of carbonyl (C=O) groups excluding carboxylic acids is 2. The minimum atomic E-state index is -0.697. The predicted octanol–water partition coefficient (Wildman–Crippen LogP) is 1.40. The molecule has 1 aromatic carbocycles. The molecule has 28 heavy (non-hydrogen) atoms. The fraction of sp³-hybridized carbons (Fsp3) is 0.333. The SMILES string of the molecule is COc1cccc([C@H]2C(C(=O)c3ccco3)=C(O)C(=O)N2CCC[NH+](C)C)c1. The number of aliphatic hydroxyl groups is 1. The Balaban J connectivity index is 2.02. The lowest BCUT2D eigenvalue weighted by atomic mass is 9.95. The third-order valence-electron chi connectivity index (χ3n) is 4.78. The molecule has 0 aliphatic carbocycles. The maximum absolute atomic E-state index is 13.0. The van der Waals surface area contributed by atoms with E-state index in [-0.39, 0.29) is 11.3 Å². The molecule has 0 fully saturated rings. The Kier molecular flexibility index (Phi) is 5.84. The van der Waals surface area contributed by atoms with Gasteiger partial charge in [0.1, 0.15) is 5.75 Å². The summed E-state index contributed by atoms with van der Waals surface area (Å²) >= 11 is 0. The van der Waals surface area contributed by atoms with Gasteiger partial charge >= 0.3 is 0 Å². The highest BCUT2D eigenvalue weighted by Crippen LogP contribution is 2.39. The van der Waals surface area contributed by atoms with Crippen LogP contribution in [0.4, 0.5) is 0 Å². The summed E-state index contributed by atoms with van der Waals surface area (Å²) in [4.78, 5) is 28.6. The maximum atomic E-state index is 13.0. The van der Waals surface area contributed by atoms with Gasteiger partial charge in [0.25, 0.3) is 5.91 Å². The Bertz CT molecular complexity index is 886. The molecule has 0 bridgehead atoms. The molecule has 0 spiro atoms. The lowest BCUT2D eigenvalue weighted by Crippen LogP contribution is -3.05. The first kappa shape index (κ1) is 19.7. The van der Waals surface area contributed by atoms with Gasteiger partial charge in [-0.2, -0.15) is 0 Å². The highest BCUT2D eigenvalue weighted by atomic mass is 16.5. The number of carbonyl (C=O) groups is 2. The third kappa shape index (κ3) is 3.80. The number of amides is 1. The molecule has 0 saturated carbocycles. The van der Waals surface area contributed by atoms with E-state index in [1.165, 1.54) is 17.2 Å². The quantitative estimate of drug-likeness (QED) is 0.671. The van der Waals surface area contributed by atoms with Gasteiger partial charge in [0.05, 0.1) is 45.6 Å². The van der Waals surface area contributed by atoms with E-state index in [1.54, 1.807) is 36.3 Å². The molecule has 1 amide bonds. The number of hydrogen-bond acceptors (Lipinski definition) is 5. The first-order valence-corrected chi connectivity index (χ1v) is 9.19. The summed E-state index contributed by atoms with van der Waals surface area (Å²) in [5.41, 5.74) is 0.731. The smallest absolute Gasteiger partial charge is 0.290 e. The number of nitrogens with zero attached hydrogens (tertiary/aromatic N) is 1. The van der Waals surface area contributed by atoms with E-state index < -0.39 is 23.5 Å². The fourth-order valence-corrected chi connectivity index (χ4v) is 3.42. The number of Topliss-reactive ketones (excluding diaryl/α,β-unsaturated/α-hetero) is 1. The van der Waals surface area contributed by atoms with Crippen molar-refractivity contribution < 1.29 is 28.7 Å². The fourth-order valence-electron chi connectivity index (χ4n) is 3.42. The molecule has 1 atom stereocenters. The number of quaternary nitrogens is 1. The molecule has 2 aromatic rings. The number of benzene rings is 1. The van der Waals surface area contributed by atoms with E-state index in [0.29, 0.717) is 17.9 Å². The minimum absolute atomic E-state index is 0.0328. The molecule has 1 aromatic heterocycles. The second-order valence-electron chi connectivity index (χ2n) is 7.06. The Morgan fingerprint density at radius 3 is 2.71 bits per heavy atom. The number of aliphatic hydroxyl groups excluding tert-OH is 1. The molecule has 7 nitrogen and oxygen atoms in total. The Labute approximate surface area is 163 Å². The van der Waals surface area contributed by atoms with Gasteiger partial charge in [0.15, 0.2) is 11.5 Å². The molecule has 0 radical (unpaired) electrons. The van der Waals surface area contributed by atoms with E-state index in [9.17, 15) is 14.7 Å². The summed E-state index contributed by atoms with van der Waals surface area (Å²) in [7, 11) is 5.62. The molecule has 0 unspecified atom stereocenters. The van der Waals surface area contributed by atoms with Crippen LogP contribution in [0.15, 0.2) is 58.4 Å². The van der Waals surface area contributed by atoms with E-state index in [4.69, 9.17) is 9.15 Å². The summed E-state index contributed by atoms with van der Waals surface area (Å²) in [6.07, 6.45) is 2.13. The van der Waals surface area contributed by atoms with Gasteiger partial charge in [0, 0.05) is 13.0 Å². The molecule has 2 N–H and O–H groups in total. The summed E-state index contributed by atoms with van der Waals surface area (Å²) < 4.78 is 10.5. The molecule has 2 heterocycles. The van der Waals surface area contributed by atoms with Crippen molar-refractivity contribution in [2.75, 3.05) is 34.3 Å². The largest absolute Gasteiger partial charge is 0.503 e. The molecule has 1 aliphatic heterocycles. The summed E-state index contributed by atoms with van der Waals surface area (Å²) in [6, 6.07) is 9.60. The van der Waals surface area contributed by atoms with Crippen molar-refractivity contribution in [2.45, 2.75) is 12.5 Å². The highest BCUT2D eigenvalue weighted by Gasteiger charge is 2.44. The number of rotatable bonds is 8. The van der Waals surface area contributed by atoms with Crippen molar-refractivity contribution >= 4 is 11.7 Å². The van der Waals surface area contributed by atoms with Crippen molar-refractivity contribution in [1.29, 1.82) is 0 Å². The lowest BCUT2D eigenvalue weighted by Gasteiger charge is -2.27. The van der Waals surface area contributed by atoms with Gasteiger partial charge in [-0.3, -0.25) is 9.59 Å². The second-order valence-corrected chi connectivity index (χ2v) is 7.06. The van der Waals surface area contributed by atoms with Crippen LogP contribution in [0.25, 0.3) is 0 Å². The van der Waals surface area contributed by atoms with Gasteiger partial charge in [-0.05, 0) is 29.8 Å². The van der Waals surface area contributed by atoms with Crippen molar-refractivity contribution in [2.24, 2.45) is 0 Å². The van der Waals surface area contributed by atoms with Crippen LogP contribution in [-0.2, 0) is 4.79 Å². The van der Waals surface area contributed by atoms with Crippen LogP contribution < -0.4 is 9.64 Å². The van der Waals surface area contributed by atoms with Crippen LogP contribution in [0.2, 0.25) is 0 Å². The molecule has 0 saturated heterocycles. The molecular weight excluding hydrogens is 360 g/mol. The number of nitrogens with one attached hydrogen (secondary N) is 1. The van der Waals surface area contributed by atoms with Crippen molar-refractivity contribution in [3.8, 4) is 5.75 Å². The maximum Gasteiger partial charge on any atom is 0.290 e. The monoisotopic (exact) mass is 385 g/mol. The van der Waals surface area contributed by atoms with E-state index in [1.807, 2.05) is 20.2 Å². The van der Waals surface area contributed by atoms with Crippen LogP contribution in [0.5, 0.6) is 5.75 Å². The average molecular weight is 385 g/mol. The van der Waals surface area contributed by atoms with Crippen LogP contribution in [0, 0.1) is 0 Å². The van der Waals surface area contributed by atoms with Crippen LogP contribution in [0.3, 0.4) is 0 Å². The zero-order valence-corrected chi connectivity index (χ0v) is 16.3. The molecular formula is C21H25N2O5+. The summed E-state index contributed by atoms with van der Waals surface area (Å²) in [5.74, 6) is -0.868. The van der Waals surface area contributed by atoms with Gasteiger partial charge in [-0.15, -0.1) is 0 Å². The second kappa shape index (κ2) is 8.31. The summed E-state index contributed by atoms with van der Waals surface area (Å²) in [5, 5.41) is 10.6. The van der Waals surface area contributed by atoms with Crippen molar-refractivity contribution in [1.82, 2.24) is 4.90 Å². The van der Waals surface area contributed by atoms with Gasteiger partial charge in [0.2, 0.25) is 5.78 Å². The number of ketones is 1. The van der Waals surface area contributed by atoms with Gasteiger partial charge < -0.3 is 24.1 Å². The van der Waals surface area contributed by atoms with Crippen LogP contribution in [-0.4, -0.2) is 56.0 Å². The van der Waals surface area contributed by atoms with E-state index in [0.717, 1.165) is 13.0 Å². The standard InChI is InChI=1S/C21H24N2O5/c1-22(2)10-6-11-23-18(14-7-4-8-15(13-14)27-3)17(20(25)21(23)26)19(24)16-9-5-12-28-16/h4-5,7-9,12-13,18,25H,6,10-11H2,1-3H3/p+1/t18-/m0/s1. The van der Waals surface area contributed by atoms with Crippen molar-refractivity contribution in [3.05, 3.63) is 65.3 Å². The number of hydrogen-bond donors (Lipinski definition) is 2. The normalized spacial score (nSPS) is 16.9. The Morgan fingerprint density at radius 1 is 1.29 bits per heavy atom. The van der Waals surface area contributed by atoms with Crippen LogP contribution in [0.1, 0.15) is 28.6 Å². The Hall–Kier alpha value is -3.06. The topological polar surface area (TPSA) is 84.4 Å². The number of furan rings is 1. The first-order valence-electron chi connectivity index (χ1n) is 9.19. The van der Waals surface area contributed by atoms with E-state index >= 15 is 0 Å². The molecule has 7 heteroatoms. The zero-order valence-electron chi connectivity index (χ0n) is 16.3. The minimum Gasteiger partial charge on any atom is -0.503 e. The van der Waals surface area contributed by atoms with Gasteiger partial charge in [-0.1, -0.05) is 12.1 Å².